The molecule has 3 aromatic rings. The minimum absolute atomic E-state index is 0.153. The quantitative estimate of drug-likeness (QED) is 0.430. The van der Waals surface area contributed by atoms with Gasteiger partial charge in [-0.05, 0) is 37.8 Å². The second-order valence-electron chi connectivity index (χ2n) is 8.83. The van der Waals surface area contributed by atoms with Crippen LogP contribution in [0.5, 0.6) is 11.6 Å². The van der Waals surface area contributed by atoms with Crippen molar-refractivity contribution < 1.29 is 9.53 Å². The Kier molecular flexibility index (Phi) is 5.92. The van der Waals surface area contributed by atoms with Crippen LogP contribution in [0.1, 0.15) is 44.1 Å². The molecular formula is C26H28ClN3O2. The number of nitrogens with zero attached hydrogens (tertiary/aromatic N) is 3. The number of rotatable bonds is 7. The van der Waals surface area contributed by atoms with Gasteiger partial charge in [-0.3, -0.25) is 4.79 Å². The van der Waals surface area contributed by atoms with E-state index in [1.807, 2.05) is 61.6 Å². The van der Waals surface area contributed by atoms with Gasteiger partial charge in [0.05, 0.1) is 17.1 Å². The average Bonchev–Trinajstić information content (AvgIpc) is 3.40. The molecule has 0 N–H and O–H groups in total. The Hall–Kier alpha value is -2.79. The first-order chi connectivity index (χ1) is 15.6. The summed E-state index contributed by atoms with van der Waals surface area (Å²) in [7, 11) is 1.88. The van der Waals surface area contributed by atoms with Gasteiger partial charge in [0.2, 0.25) is 11.8 Å². The van der Waals surface area contributed by atoms with Crippen molar-refractivity contribution in [3.8, 4) is 22.9 Å². The molecule has 2 aliphatic carbocycles. The lowest BCUT2D eigenvalue weighted by molar-refractivity contribution is -0.136. The number of carbonyl (C=O) groups is 1. The fourth-order valence-electron chi connectivity index (χ4n) is 4.63. The lowest BCUT2D eigenvalue weighted by atomic mass is 10.0. The zero-order valence-corrected chi connectivity index (χ0v) is 19.1. The smallest absolute Gasteiger partial charge is 0.226 e. The number of hydrogen-bond acceptors (Lipinski definition) is 3. The van der Waals surface area contributed by atoms with Gasteiger partial charge in [0.25, 0.3) is 0 Å². The maximum Gasteiger partial charge on any atom is 0.226 e. The molecule has 0 aliphatic heterocycles. The van der Waals surface area contributed by atoms with Crippen molar-refractivity contribution in [1.82, 2.24) is 14.7 Å². The van der Waals surface area contributed by atoms with E-state index in [1.165, 1.54) is 0 Å². The topological polar surface area (TPSA) is 47.4 Å². The van der Waals surface area contributed by atoms with E-state index in [0.717, 1.165) is 55.3 Å². The Morgan fingerprint density at radius 3 is 2.44 bits per heavy atom. The third kappa shape index (κ3) is 4.26. The summed E-state index contributed by atoms with van der Waals surface area (Å²) in [5, 5.41) is 5.35. The summed E-state index contributed by atoms with van der Waals surface area (Å²) in [6.45, 7) is 0.498. The molecule has 2 fully saturated rings. The van der Waals surface area contributed by atoms with E-state index in [0.29, 0.717) is 29.2 Å². The highest BCUT2D eigenvalue weighted by Gasteiger charge is 2.38. The minimum atomic E-state index is 0.153. The van der Waals surface area contributed by atoms with E-state index >= 15 is 0 Å². The summed E-state index contributed by atoms with van der Waals surface area (Å²) in [5.74, 6) is 1.65. The van der Waals surface area contributed by atoms with Crippen molar-refractivity contribution in [2.45, 2.75) is 51.1 Å². The zero-order chi connectivity index (χ0) is 22.1. The van der Waals surface area contributed by atoms with Crippen molar-refractivity contribution in [3.05, 3.63) is 65.2 Å². The van der Waals surface area contributed by atoms with Crippen molar-refractivity contribution >= 4 is 17.5 Å². The fraction of sp³-hybridized carbons (Fsp3) is 0.385. The maximum atomic E-state index is 13.4. The first kappa shape index (κ1) is 21.1. The number of para-hydroxylation sites is 1. The molecule has 1 aromatic heterocycles. The van der Waals surface area contributed by atoms with Crippen LogP contribution >= 0.6 is 11.6 Å². The van der Waals surface area contributed by atoms with E-state index in [9.17, 15) is 4.79 Å². The highest BCUT2D eigenvalue weighted by atomic mass is 35.5. The van der Waals surface area contributed by atoms with E-state index < -0.39 is 0 Å². The average molecular weight is 450 g/mol. The summed E-state index contributed by atoms with van der Waals surface area (Å²) in [6.07, 6.45) is 6.45. The number of amides is 1. The van der Waals surface area contributed by atoms with Crippen LogP contribution in [0.4, 0.5) is 0 Å². The van der Waals surface area contributed by atoms with Gasteiger partial charge in [-0.1, -0.05) is 66.9 Å². The van der Waals surface area contributed by atoms with Crippen molar-refractivity contribution in [2.75, 3.05) is 0 Å². The molecule has 166 valence electrons. The van der Waals surface area contributed by atoms with E-state index in [2.05, 4.69) is 4.90 Å². The van der Waals surface area contributed by atoms with Crippen molar-refractivity contribution in [2.24, 2.45) is 13.0 Å². The molecule has 6 heteroatoms. The molecule has 0 saturated heterocycles. The Morgan fingerprint density at radius 1 is 1.06 bits per heavy atom. The maximum absolute atomic E-state index is 13.4. The number of aromatic nitrogens is 2. The molecule has 0 atom stereocenters. The number of carbonyl (C=O) groups excluding carboxylic acids is 1. The van der Waals surface area contributed by atoms with Crippen LogP contribution in [0.15, 0.2) is 54.6 Å². The van der Waals surface area contributed by atoms with E-state index in [1.54, 1.807) is 4.68 Å². The first-order valence-electron chi connectivity index (χ1n) is 11.5. The van der Waals surface area contributed by atoms with Gasteiger partial charge in [0, 0.05) is 24.6 Å². The summed E-state index contributed by atoms with van der Waals surface area (Å²) < 4.78 is 8.07. The van der Waals surface area contributed by atoms with Crippen LogP contribution < -0.4 is 4.74 Å². The molecule has 0 spiro atoms. The molecule has 2 saturated carbocycles. The Bertz CT molecular complexity index is 1100. The summed E-state index contributed by atoms with van der Waals surface area (Å²) in [4.78, 5) is 15.5. The second kappa shape index (κ2) is 8.99. The monoisotopic (exact) mass is 449 g/mol. The van der Waals surface area contributed by atoms with Gasteiger partial charge in [-0.2, -0.15) is 5.10 Å². The lowest BCUT2D eigenvalue weighted by Crippen LogP contribution is -2.36. The third-order valence-corrected chi connectivity index (χ3v) is 6.79. The molecular weight excluding hydrogens is 422 g/mol. The van der Waals surface area contributed by atoms with E-state index in [-0.39, 0.29) is 11.8 Å². The normalized spacial score (nSPS) is 16.3. The number of ether oxygens (including phenoxy) is 1. The molecule has 0 bridgehead atoms. The fourth-order valence-corrected chi connectivity index (χ4v) is 4.81. The SMILES string of the molecule is Cn1nc(-c2ccccc2)c(CN(C(=O)C2CCCC2)C2CC2)c1Oc1ccccc1Cl. The molecule has 0 unspecified atom stereocenters. The highest BCUT2D eigenvalue weighted by Crippen LogP contribution is 2.40. The van der Waals surface area contributed by atoms with Crippen LogP contribution in [0.2, 0.25) is 5.02 Å². The predicted molar refractivity (Wildman–Crippen MR) is 126 cm³/mol. The molecule has 0 radical (unpaired) electrons. The molecule has 5 nitrogen and oxygen atoms in total. The van der Waals surface area contributed by atoms with E-state index in [4.69, 9.17) is 21.4 Å². The molecule has 2 aliphatic rings. The lowest BCUT2D eigenvalue weighted by Gasteiger charge is -2.26. The largest absolute Gasteiger partial charge is 0.437 e. The molecule has 1 amide bonds. The van der Waals surface area contributed by atoms with Crippen LogP contribution in [0, 0.1) is 5.92 Å². The molecule has 2 aromatic carbocycles. The molecule has 1 heterocycles. The Balaban J connectivity index is 1.55. The highest BCUT2D eigenvalue weighted by molar-refractivity contribution is 6.32. The Labute approximate surface area is 193 Å². The van der Waals surface area contributed by atoms with Crippen LogP contribution in [-0.2, 0) is 18.4 Å². The standard InChI is InChI=1S/C26H28ClN3O2/c1-29-26(32-23-14-8-7-13-22(23)27)21(24(28-29)18-9-3-2-4-10-18)17-30(20-15-16-20)25(31)19-11-5-6-12-19/h2-4,7-10,13-14,19-20H,5-6,11-12,15-17H2,1H3. The second-order valence-corrected chi connectivity index (χ2v) is 9.24. The summed E-state index contributed by atoms with van der Waals surface area (Å²) >= 11 is 6.39. The van der Waals surface area contributed by atoms with Crippen LogP contribution in [0.25, 0.3) is 11.3 Å². The van der Waals surface area contributed by atoms with Gasteiger partial charge in [0.15, 0.2) is 0 Å². The zero-order valence-electron chi connectivity index (χ0n) is 18.3. The minimum Gasteiger partial charge on any atom is -0.437 e. The predicted octanol–water partition coefficient (Wildman–Crippen LogP) is 6.21. The van der Waals surface area contributed by atoms with Gasteiger partial charge >= 0.3 is 0 Å². The van der Waals surface area contributed by atoms with Gasteiger partial charge in [-0.15, -0.1) is 0 Å². The molecule has 32 heavy (non-hydrogen) atoms. The number of aryl methyl sites for hydroxylation is 1. The van der Waals surface area contributed by atoms with Gasteiger partial charge < -0.3 is 9.64 Å². The summed E-state index contributed by atoms with van der Waals surface area (Å²) in [6, 6.07) is 17.9. The Morgan fingerprint density at radius 2 is 1.75 bits per heavy atom. The van der Waals surface area contributed by atoms with Gasteiger partial charge in [-0.25, -0.2) is 4.68 Å². The number of hydrogen-bond donors (Lipinski definition) is 0. The molecule has 5 rings (SSSR count). The first-order valence-corrected chi connectivity index (χ1v) is 11.8. The number of halogens is 1. The summed E-state index contributed by atoms with van der Waals surface area (Å²) in [5.41, 5.74) is 2.79. The van der Waals surface area contributed by atoms with Crippen molar-refractivity contribution in [3.63, 3.8) is 0 Å². The van der Waals surface area contributed by atoms with Crippen LogP contribution in [-0.4, -0.2) is 26.6 Å². The van der Waals surface area contributed by atoms with Crippen LogP contribution in [0.3, 0.4) is 0 Å². The third-order valence-electron chi connectivity index (χ3n) is 6.48. The van der Waals surface area contributed by atoms with Crippen molar-refractivity contribution in [1.29, 1.82) is 0 Å². The number of benzene rings is 2. The van der Waals surface area contributed by atoms with Gasteiger partial charge in [0.1, 0.15) is 11.4 Å².